The average molecular weight is 204 g/mol. The van der Waals surface area contributed by atoms with Crippen LogP contribution in [-0.4, -0.2) is 28.3 Å². The van der Waals surface area contributed by atoms with Crippen molar-refractivity contribution in [3.8, 4) is 0 Å². The van der Waals surface area contributed by atoms with Gasteiger partial charge in [0.1, 0.15) is 0 Å². The highest BCUT2D eigenvalue weighted by Gasteiger charge is 2.02. The van der Waals surface area contributed by atoms with E-state index in [0.717, 1.165) is 0 Å². The standard InChI is InChI=1S/C9H16O3S/c1-4-13(11)7-5-6-12-9(10)8(2)3/h2,4-7H2,1,3H3. The van der Waals surface area contributed by atoms with Gasteiger partial charge in [0.25, 0.3) is 0 Å². The average Bonchev–Trinajstić information content (AvgIpc) is 2.11. The van der Waals surface area contributed by atoms with E-state index in [1.165, 1.54) is 0 Å². The second-order valence-corrected chi connectivity index (χ2v) is 4.57. The Balaban J connectivity index is 3.41. The van der Waals surface area contributed by atoms with E-state index in [9.17, 15) is 9.00 Å². The number of hydrogen-bond acceptors (Lipinski definition) is 3. The maximum Gasteiger partial charge on any atom is 0.333 e. The van der Waals surface area contributed by atoms with E-state index in [1.54, 1.807) is 6.92 Å². The molecule has 0 rings (SSSR count). The summed E-state index contributed by atoms with van der Waals surface area (Å²) >= 11 is 0. The number of rotatable bonds is 6. The lowest BCUT2D eigenvalue weighted by Gasteiger charge is -2.03. The SMILES string of the molecule is C=C(C)C(=O)OCCCS(=O)CC. The number of ether oxygens (including phenoxy) is 1. The highest BCUT2D eigenvalue weighted by atomic mass is 32.2. The van der Waals surface area contributed by atoms with Gasteiger partial charge in [0.2, 0.25) is 0 Å². The predicted molar refractivity (Wildman–Crippen MR) is 53.9 cm³/mol. The number of carbonyl (C=O) groups excluding carboxylic acids is 1. The maximum absolute atomic E-state index is 10.9. The van der Waals surface area contributed by atoms with Crippen molar-refractivity contribution in [3.05, 3.63) is 12.2 Å². The van der Waals surface area contributed by atoms with Gasteiger partial charge < -0.3 is 4.74 Å². The zero-order valence-corrected chi connectivity index (χ0v) is 8.99. The van der Waals surface area contributed by atoms with Crippen molar-refractivity contribution in [2.45, 2.75) is 20.3 Å². The Morgan fingerprint density at radius 3 is 2.62 bits per heavy atom. The summed E-state index contributed by atoms with van der Waals surface area (Å²) in [5, 5.41) is 0. The molecule has 0 amide bonds. The van der Waals surface area contributed by atoms with Crippen LogP contribution >= 0.6 is 0 Å². The molecule has 0 aliphatic carbocycles. The first kappa shape index (κ1) is 12.4. The van der Waals surface area contributed by atoms with Gasteiger partial charge in [-0.2, -0.15) is 0 Å². The zero-order chi connectivity index (χ0) is 10.3. The van der Waals surface area contributed by atoms with E-state index in [4.69, 9.17) is 4.74 Å². The van der Waals surface area contributed by atoms with Crippen LogP contribution < -0.4 is 0 Å². The molecule has 13 heavy (non-hydrogen) atoms. The van der Waals surface area contributed by atoms with Crippen LogP contribution in [0.2, 0.25) is 0 Å². The first-order valence-corrected chi connectivity index (χ1v) is 5.74. The normalized spacial score (nSPS) is 12.2. The van der Waals surface area contributed by atoms with Gasteiger partial charge in [0, 0.05) is 27.9 Å². The van der Waals surface area contributed by atoms with Gasteiger partial charge in [-0.15, -0.1) is 0 Å². The van der Waals surface area contributed by atoms with Gasteiger partial charge in [-0.25, -0.2) is 4.79 Å². The largest absolute Gasteiger partial charge is 0.462 e. The van der Waals surface area contributed by atoms with Gasteiger partial charge in [0.15, 0.2) is 0 Å². The molecule has 3 nitrogen and oxygen atoms in total. The lowest BCUT2D eigenvalue weighted by molar-refractivity contribution is -0.138. The third kappa shape index (κ3) is 6.51. The Morgan fingerprint density at radius 2 is 2.15 bits per heavy atom. The smallest absolute Gasteiger partial charge is 0.333 e. The summed E-state index contributed by atoms with van der Waals surface area (Å²) in [6.07, 6.45) is 0.652. The molecule has 0 bridgehead atoms. The molecular formula is C9H16O3S. The zero-order valence-electron chi connectivity index (χ0n) is 8.17. The summed E-state index contributed by atoms with van der Waals surface area (Å²) < 4.78 is 15.8. The van der Waals surface area contributed by atoms with E-state index >= 15 is 0 Å². The number of hydrogen-bond donors (Lipinski definition) is 0. The van der Waals surface area contributed by atoms with Crippen LogP contribution in [0.5, 0.6) is 0 Å². The number of carbonyl (C=O) groups is 1. The lowest BCUT2D eigenvalue weighted by Crippen LogP contribution is -2.09. The summed E-state index contributed by atoms with van der Waals surface area (Å²) in [6.45, 7) is 7.26. The fraction of sp³-hybridized carbons (Fsp3) is 0.667. The molecule has 0 saturated carbocycles. The van der Waals surface area contributed by atoms with Crippen LogP contribution in [0.3, 0.4) is 0 Å². The molecule has 0 spiro atoms. The van der Waals surface area contributed by atoms with Crippen molar-refractivity contribution in [2.75, 3.05) is 18.1 Å². The second-order valence-electron chi connectivity index (χ2n) is 2.70. The van der Waals surface area contributed by atoms with Crippen molar-refractivity contribution in [3.63, 3.8) is 0 Å². The van der Waals surface area contributed by atoms with Crippen LogP contribution in [0, 0.1) is 0 Å². The molecule has 0 aromatic carbocycles. The summed E-state index contributed by atoms with van der Waals surface area (Å²) in [7, 11) is -0.766. The Labute approximate surface area is 81.6 Å². The third-order valence-electron chi connectivity index (χ3n) is 1.42. The van der Waals surface area contributed by atoms with Crippen molar-refractivity contribution in [2.24, 2.45) is 0 Å². The quantitative estimate of drug-likeness (QED) is 0.372. The minimum Gasteiger partial charge on any atom is -0.462 e. The van der Waals surface area contributed by atoms with Crippen LogP contribution in [-0.2, 0) is 20.3 Å². The first-order valence-electron chi connectivity index (χ1n) is 4.25. The van der Waals surface area contributed by atoms with E-state index in [-0.39, 0.29) is 5.97 Å². The molecule has 0 aromatic rings. The van der Waals surface area contributed by atoms with Crippen LogP contribution in [0.4, 0.5) is 0 Å². The van der Waals surface area contributed by atoms with Crippen molar-refractivity contribution in [1.82, 2.24) is 0 Å². The lowest BCUT2D eigenvalue weighted by atomic mass is 10.4. The molecule has 0 heterocycles. The fourth-order valence-electron chi connectivity index (χ4n) is 0.652. The van der Waals surface area contributed by atoms with Gasteiger partial charge in [-0.3, -0.25) is 4.21 Å². The molecule has 0 aliphatic rings. The van der Waals surface area contributed by atoms with Crippen molar-refractivity contribution < 1.29 is 13.7 Å². The van der Waals surface area contributed by atoms with Crippen LogP contribution in [0.15, 0.2) is 12.2 Å². The van der Waals surface area contributed by atoms with Gasteiger partial charge >= 0.3 is 5.97 Å². The minimum atomic E-state index is -0.766. The number of esters is 1. The summed E-state index contributed by atoms with van der Waals surface area (Å²) in [5.41, 5.74) is 0.400. The second kappa shape index (κ2) is 6.83. The monoisotopic (exact) mass is 204 g/mol. The van der Waals surface area contributed by atoms with Crippen LogP contribution in [0.25, 0.3) is 0 Å². The highest BCUT2D eigenvalue weighted by Crippen LogP contribution is 1.94. The van der Waals surface area contributed by atoms with E-state index in [0.29, 0.717) is 30.1 Å². The highest BCUT2D eigenvalue weighted by molar-refractivity contribution is 7.84. The van der Waals surface area contributed by atoms with Gasteiger partial charge in [-0.05, 0) is 13.3 Å². The van der Waals surface area contributed by atoms with Gasteiger partial charge in [-0.1, -0.05) is 13.5 Å². The third-order valence-corrected chi connectivity index (χ3v) is 2.81. The maximum atomic E-state index is 10.9. The molecule has 76 valence electrons. The Hall–Kier alpha value is -0.640. The molecule has 0 aromatic heterocycles. The van der Waals surface area contributed by atoms with Crippen LogP contribution in [0.1, 0.15) is 20.3 Å². The summed E-state index contributed by atoms with van der Waals surface area (Å²) in [5.74, 6) is 0.885. The molecular weight excluding hydrogens is 188 g/mol. The summed E-state index contributed by atoms with van der Waals surface area (Å²) in [4.78, 5) is 10.9. The molecule has 0 saturated heterocycles. The van der Waals surface area contributed by atoms with Crippen molar-refractivity contribution in [1.29, 1.82) is 0 Å². The molecule has 1 unspecified atom stereocenters. The summed E-state index contributed by atoms with van der Waals surface area (Å²) in [6, 6.07) is 0. The molecule has 0 N–H and O–H groups in total. The Bertz CT molecular complexity index is 211. The predicted octanol–water partition coefficient (Wildman–Crippen LogP) is 1.26. The molecule has 4 heteroatoms. The van der Waals surface area contributed by atoms with E-state index in [1.807, 2.05) is 6.92 Å². The molecule has 0 radical (unpaired) electrons. The fourth-order valence-corrected chi connectivity index (χ4v) is 1.38. The molecule has 1 atom stereocenters. The van der Waals surface area contributed by atoms with Gasteiger partial charge in [0.05, 0.1) is 6.61 Å². The molecule has 0 fully saturated rings. The Morgan fingerprint density at radius 1 is 1.54 bits per heavy atom. The van der Waals surface area contributed by atoms with E-state index in [2.05, 4.69) is 6.58 Å². The Kier molecular flexibility index (Phi) is 6.49. The van der Waals surface area contributed by atoms with Crippen molar-refractivity contribution >= 4 is 16.8 Å². The molecule has 0 aliphatic heterocycles. The first-order chi connectivity index (χ1) is 6.07. The topological polar surface area (TPSA) is 43.4 Å². The minimum absolute atomic E-state index is 0.331. The van der Waals surface area contributed by atoms with E-state index < -0.39 is 10.8 Å².